The van der Waals surface area contributed by atoms with Crippen molar-refractivity contribution >= 4 is 45.3 Å². The van der Waals surface area contributed by atoms with Crippen LogP contribution in [0, 0.1) is 0 Å². The SMILES string of the molecule is CCc1nn(C(C)c2nn(-c3ccccc3C(N)=O)c3cc(Cl)ccc23)c2ncnc(N)c12. The molecule has 10 heteroatoms. The number of halogens is 1. The summed E-state index contributed by atoms with van der Waals surface area (Å²) < 4.78 is 3.51. The average Bonchev–Trinajstić information content (AvgIpc) is 3.38. The molecule has 5 aromatic rings. The molecular weight excluding hydrogens is 440 g/mol. The number of rotatable bonds is 5. The highest BCUT2D eigenvalue weighted by Gasteiger charge is 2.24. The zero-order valence-electron chi connectivity index (χ0n) is 18.0. The van der Waals surface area contributed by atoms with Crippen LogP contribution in [0.1, 0.15) is 41.6 Å². The first-order valence-corrected chi connectivity index (χ1v) is 10.8. The molecule has 5 rings (SSSR count). The Balaban J connectivity index is 1.77. The summed E-state index contributed by atoms with van der Waals surface area (Å²) in [5.74, 6) is -0.142. The fourth-order valence-corrected chi connectivity index (χ4v) is 4.34. The minimum absolute atomic E-state index is 0.298. The molecule has 0 saturated heterocycles. The molecule has 0 fully saturated rings. The summed E-state index contributed by atoms with van der Waals surface area (Å²) >= 11 is 6.32. The molecule has 0 radical (unpaired) electrons. The average molecular weight is 461 g/mol. The molecule has 1 amide bonds. The van der Waals surface area contributed by atoms with E-state index >= 15 is 0 Å². The summed E-state index contributed by atoms with van der Waals surface area (Å²) in [6, 6.07) is 12.3. The van der Waals surface area contributed by atoms with Gasteiger partial charge in [0.05, 0.1) is 39.6 Å². The van der Waals surface area contributed by atoms with E-state index in [1.54, 1.807) is 22.9 Å². The van der Waals surface area contributed by atoms with Crippen molar-refractivity contribution in [2.75, 3.05) is 5.73 Å². The lowest BCUT2D eigenvalue weighted by molar-refractivity contribution is 0.1000. The van der Waals surface area contributed by atoms with Gasteiger partial charge >= 0.3 is 0 Å². The van der Waals surface area contributed by atoms with Crippen molar-refractivity contribution < 1.29 is 4.79 Å². The van der Waals surface area contributed by atoms with Crippen LogP contribution in [-0.2, 0) is 6.42 Å². The number of carbonyl (C=O) groups is 1. The summed E-state index contributed by atoms with van der Waals surface area (Å²) in [5, 5.41) is 11.9. The first kappa shape index (κ1) is 20.9. The third-order valence-electron chi connectivity index (χ3n) is 5.76. The van der Waals surface area contributed by atoms with Gasteiger partial charge in [0.25, 0.3) is 5.91 Å². The Morgan fingerprint density at radius 1 is 1.15 bits per heavy atom. The molecule has 3 heterocycles. The Morgan fingerprint density at radius 2 is 1.94 bits per heavy atom. The second kappa shape index (κ2) is 7.86. The van der Waals surface area contributed by atoms with Crippen LogP contribution in [0.5, 0.6) is 0 Å². The van der Waals surface area contributed by atoms with E-state index in [0.717, 1.165) is 27.7 Å². The lowest BCUT2D eigenvalue weighted by Crippen LogP contribution is -2.15. The standard InChI is InChI=1S/C23H21ClN8O/c1-3-16-19-21(25)27-11-28-23(19)31(29-16)12(2)20-14-9-8-13(24)10-18(14)32(30-20)17-7-5-4-6-15(17)22(26)33/h4-12H,3H2,1-2H3,(H2,26,33)(H2,25,27,28). The maximum absolute atomic E-state index is 12.1. The quantitative estimate of drug-likeness (QED) is 0.411. The summed E-state index contributed by atoms with van der Waals surface area (Å²) in [7, 11) is 0. The normalized spacial score (nSPS) is 12.5. The number of anilines is 1. The first-order chi connectivity index (χ1) is 15.9. The molecule has 33 heavy (non-hydrogen) atoms. The van der Waals surface area contributed by atoms with Crippen LogP contribution in [0.3, 0.4) is 0 Å². The van der Waals surface area contributed by atoms with Crippen molar-refractivity contribution in [3.63, 3.8) is 0 Å². The van der Waals surface area contributed by atoms with Gasteiger partial charge in [0, 0.05) is 10.4 Å². The van der Waals surface area contributed by atoms with Crippen LogP contribution in [0.4, 0.5) is 5.82 Å². The number of fused-ring (bicyclic) bond motifs is 2. The molecule has 1 unspecified atom stereocenters. The van der Waals surface area contributed by atoms with E-state index in [4.69, 9.17) is 33.3 Å². The van der Waals surface area contributed by atoms with Crippen molar-refractivity contribution in [3.05, 3.63) is 70.8 Å². The number of carbonyl (C=O) groups excluding carboxylic acids is 1. The smallest absolute Gasteiger partial charge is 0.250 e. The number of nitrogen functional groups attached to an aromatic ring is 1. The summed E-state index contributed by atoms with van der Waals surface area (Å²) in [5.41, 5.74) is 15.6. The summed E-state index contributed by atoms with van der Waals surface area (Å²) in [6.45, 7) is 4.00. The highest BCUT2D eigenvalue weighted by Crippen LogP contribution is 2.33. The lowest BCUT2D eigenvalue weighted by Gasteiger charge is -2.11. The van der Waals surface area contributed by atoms with E-state index < -0.39 is 5.91 Å². The van der Waals surface area contributed by atoms with Gasteiger partial charge < -0.3 is 11.5 Å². The van der Waals surface area contributed by atoms with Crippen LogP contribution in [0.2, 0.25) is 5.02 Å². The zero-order chi connectivity index (χ0) is 23.3. The maximum atomic E-state index is 12.1. The van der Waals surface area contributed by atoms with Crippen molar-refractivity contribution in [1.29, 1.82) is 0 Å². The number of primary amides is 1. The van der Waals surface area contributed by atoms with E-state index in [0.29, 0.717) is 34.2 Å². The molecular formula is C23H21ClN8O. The Labute approximate surface area is 194 Å². The molecule has 2 aromatic carbocycles. The number of nitrogens with zero attached hydrogens (tertiary/aromatic N) is 6. The third-order valence-corrected chi connectivity index (χ3v) is 5.99. The van der Waals surface area contributed by atoms with Gasteiger partial charge in [-0.25, -0.2) is 19.3 Å². The van der Waals surface area contributed by atoms with Gasteiger partial charge in [0.2, 0.25) is 0 Å². The predicted molar refractivity (Wildman–Crippen MR) is 128 cm³/mol. The number of aryl methyl sites for hydroxylation is 1. The van der Waals surface area contributed by atoms with Gasteiger partial charge in [-0.3, -0.25) is 4.79 Å². The first-order valence-electron chi connectivity index (χ1n) is 10.5. The lowest BCUT2D eigenvalue weighted by atomic mass is 10.1. The molecule has 0 spiro atoms. The van der Waals surface area contributed by atoms with Gasteiger partial charge in [-0.15, -0.1) is 0 Å². The molecule has 3 aromatic heterocycles. The monoisotopic (exact) mass is 460 g/mol. The second-order valence-corrected chi connectivity index (χ2v) is 8.15. The third kappa shape index (κ3) is 3.28. The Morgan fingerprint density at radius 3 is 2.70 bits per heavy atom. The fraction of sp³-hybridized carbons (Fsp3) is 0.174. The Kier molecular flexibility index (Phi) is 4.98. The van der Waals surface area contributed by atoms with Gasteiger partial charge in [-0.1, -0.05) is 30.7 Å². The van der Waals surface area contributed by atoms with Crippen LogP contribution in [-0.4, -0.2) is 35.4 Å². The van der Waals surface area contributed by atoms with Crippen molar-refractivity contribution in [2.45, 2.75) is 26.3 Å². The minimum Gasteiger partial charge on any atom is -0.383 e. The second-order valence-electron chi connectivity index (χ2n) is 7.72. The largest absolute Gasteiger partial charge is 0.383 e. The Hall–Kier alpha value is -3.98. The summed E-state index contributed by atoms with van der Waals surface area (Å²) in [6.07, 6.45) is 2.12. The van der Waals surface area contributed by atoms with Crippen molar-refractivity contribution in [1.82, 2.24) is 29.5 Å². The minimum atomic E-state index is -0.538. The van der Waals surface area contributed by atoms with E-state index in [1.807, 2.05) is 42.8 Å². The predicted octanol–water partition coefficient (Wildman–Crippen LogP) is 3.67. The molecule has 0 aliphatic rings. The molecule has 0 aliphatic carbocycles. The zero-order valence-corrected chi connectivity index (χ0v) is 18.8. The number of aromatic nitrogens is 6. The van der Waals surface area contributed by atoms with Crippen LogP contribution >= 0.6 is 11.6 Å². The van der Waals surface area contributed by atoms with Crippen molar-refractivity contribution in [3.8, 4) is 5.69 Å². The van der Waals surface area contributed by atoms with Gasteiger partial charge in [0.1, 0.15) is 12.1 Å². The maximum Gasteiger partial charge on any atom is 0.250 e. The number of hydrogen-bond donors (Lipinski definition) is 2. The fourth-order valence-electron chi connectivity index (χ4n) is 4.17. The van der Waals surface area contributed by atoms with Gasteiger partial charge in [-0.05, 0) is 43.7 Å². The van der Waals surface area contributed by atoms with E-state index in [2.05, 4.69) is 9.97 Å². The number of nitrogens with two attached hydrogens (primary N) is 2. The highest BCUT2D eigenvalue weighted by molar-refractivity contribution is 6.31. The molecule has 0 bridgehead atoms. The number of para-hydroxylation sites is 1. The molecule has 0 aliphatic heterocycles. The number of hydrogen-bond acceptors (Lipinski definition) is 6. The Bertz CT molecular complexity index is 1540. The molecule has 0 saturated carbocycles. The van der Waals surface area contributed by atoms with Gasteiger partial charge in [0.15, 0.2) is 5.65 Å². The molecule has 166 valence electrons. The van der Waals surface area contributed by atoms with E-state index in [1.165, 1.54) is 6.33 Å². The topological polar surface area (TPSA) is 131 Å². The van der Waals surface area contributed by atoms with Crippen molar-refractivity contribution in [2.24, 2.45) is 5.73 Å². The van der Waals surface area contributed by atoms with Crippen LogP contribution in [0.15, 0.2) is 48.8 Å². The molecule has 1 atom stereocenters. The van der Waals surface area contributed by atoms with Crippen LogP contribution in [0.25, 0.3) is 27.6 Å². The molecule has 9 nitrogen and oxygen atoms in total. The van der Waals surface area contributed by atoms with Crippen LogP contribution < -0.4 is 11.5 Å². The van der Waals surface area contributed by atoms with E-state index in [9.17, 15) is 4.79 Å². The number of amides is 1. The van der Waals surface area contributed by atoms with Gasteiger partial charge in [-0.2, -0.15) is 10.2 Å². The van der Waals surface area contributed by atoms with E-state index in [-0.39, 0.29) is 6.04 Å². The number of benzene rings is 2. The highest BCUT2D eigenvalue weighted by atomic mass is 35.5. The summed E-state index contributed by atoms with van der Waals surface area (Å²) in [4.78, 5) is 20.7. The molecule has 4 N–H and O–H groups in total.